The Kier molecular flexibility index (Phi) is 4.15. The highest BCUT2D eigenvalue weighted by Crippen LogP contribution is 2.32. The van der Waals surface area contributed by atoms with Crippen LogP contribution in [0.5, 0.6) is 0 Å². The van der Waals surface area contributed by atoms with Crippen molar-refractivity contribution in [3.8, 4) is 5.69 Å². The largest absolute Gasteiger partial charge is 0.416 e. The van der Waals surface area contributed by atoms with Crippen LogP contribution in [0, 0.1) is 0 Å². The van der Waals surface area contributed by atoms with Crippen molar-refractivity contribution in [2.24, 2.45) is 0 Å². The SMILES string of the molecule is FC(F)(F)c1ccc(-n2cc(CCBr)nn2)c(Cl)c1. The van der Waals surface area contributed by atoms with Gasteiger partial charge in [-0.25, -0.2) is 4.68 Å². The van der Waals surface area contributed by atoms with E-state index in [2.05, 4.69) is 26.2 Å². The third kappa shape index (κ3) is 3.27. The topological polar surface area (TPSA) is 30.7 Å². The average Bonchev–Trinajstić information content (AvgIpc) is 2.76. The molecule has 3 nitrogen and oxygen atoms in total. The van der Waals surface area contributed by atoms with Crippen LogP contribution in [0.3, 0.4) is 0 Å². The van der Waals surface area contributed by atoms with Crippen LogP contribution in [0.4, 0.5) is 13.2 Å². The zero-order chi connectivity index (χ0) is 14.0. The summed E-state index contributed by atoms with van der Waals surface area (Å²) in [5.41, 5.74) is 0.304. The van der Waals surface area contributed by atoms with Crippen molar-refractivity contribution >= 4 is 27.5 Å². The molecule has 19 heavy (non-hydrogen) atoms. The molecule has 0 saturated heterocycles. The molecule has 0 aliphatic rings. The van der Waals surface area contributed by atoms with E-state index in [1.807, 2.05) is 0 Å². The molecule has 1 aromatic heterocycles. The normalized spacial score (nSPS) is 11.8. The summed E-state index contributed by atoms with van der Waals surface area (Å²) in [4.78, 5) is 0. The Balaban J connectivity index is 2.35. The Morgan fingerprint density at radius 1 is 1.32 bits per heavy atom. The van der Waals surface area contributed by atoms with Gasteiger partial charge in [0.05, 0.1) is 28.2 Å². The number of aryl methyl sites for hydroxylation is 1. The van der Waals surface area contributed by atoms with Gasteiger partial charge in [-0.1, -0.05) is 32.7 Å². The predicted molar refractivity (Wildman–Crippen MR) is 68.9 cm³/mol. The molecule has 0 fully saturated rings. The monoisotopic (exact) mass is 353 g/mol. The Bertz CT molecular complexity index is 583. The van der Waals surface area contributed by atoms with Crippen molar-refractivity contribution in [1.82, 2.24) is 15.0 Å². The fourth-order valence-electron chi connectivity index (χ4n) is 1.50. The minimum Gasteiger partial charge on any atom is -0.219 e. The number of halogens is 5. The molecule has 8 heteroatoms. The molecule has 1 aromatic carbocycles. The molecule has 0 radical (unpaired) electrons. The number of hydrogen-bond donors (Lipinski definition) is 0. The Labute approximate surface area is 120 Å². The Morgan fingerprint density at radius 2 is 2.05 bits per heavy atom. The molecule has 102 valence electrons. The average molecular weight is 355 g/mol. The van der Waals surface area contributed by atoms with E-state index >= 15 is 0 Å². The molecule has 0 bridgehead atoms. The van der Waals surface area contributed by atoms with Crippen molar-refractivity contribution < 1.29 is 13.2 Å². The first-order chi connectivity index (χ1) is 8.91. The highest BCUT2D eigenvalue weighted by atomic mass is 79.9. The lowest BCUT2D eigenvalue weighted by molar-refractivity contribution is -0.137. The molecule has 0 aliphatic heterocycles. The molecule has 0 spiro atoms. The van der Waals surface area contributed by atoms with Crippen molar-refractivity contribution in [3.05, 3.63) is 40.7 Å². The van der Waals surface area contributed by atoms with E-state index in [1.54, 1.807) is 6.20 Å². The Hall–Kier alpha value is -1.08. The number of aromatic nitrogens is 3. The Morgan fingerprint density at radius 3 is 2.63 bits per heavy atom. The van der Waals surface area contributed by atoms with E-state index in [0.717, 1.165) is 23.2 Å². The van der Waals surface area contributed by atoms with E-state index in [9.17, 15) is 13.2 Å². The number of hydrogen-bond acceptors (Lipinski definition) is 2. The summed E-state index contributed by atoms with van der Waals surface area (Å²) >= 11 is 9.13. The molecular formula is C11H8BrClF3N3. The lowest BCUT2D eigenvalue weighted by atomic mass is 10.2. The van der Waals surface area contributed by atoms with Crippen LogP contribution in [0.25, 0.3) is 5.69 Å². The molecule has 0 unspecified atom stereocenters. The smallest absolute Gasteiger partial charge is 0.219 e. The molecule has 2 aromatic rings. The third-order valence-corrected chi connectivity index (χ3v) is 3.11. The van der Waals surface area contributed by atoms with E-state index in [0.29, 0.717) is 12.1 Å². The van der Waals surface area contributed by atoms with Crippen LogP contribution >= 0.6 is 27.5 Å². The van der Waals surface area contributed by atoms with Crippen LogP contribution in [0.15, 0.2) is 24.4 Å². The second-order valence-electron chi connectivity index (χ2n) is 3.76. The predicted octanol–water partition coefficient (Wildman–Crippen LogP) is 3.88. The van der Waals surface area contributed by atoms with Gasteiger partial charge in [-0.05, 0) is 18.2 Å². The first-order valence-electron chi connectivity index (χ1n) is 5.26. The van der Waals surface area contributed by atoms with Gasteiger partial charge >= 0.3 is 6.18 Å². The van der Waals surface area contributed by atoms with E-state index < -0.39 is 11.7 Å². The summed E-state index contributed by atoms with van der Waals surface area (Å²) in [7, 11) is 0. The van der Waals surface area contributed by atoms with Crippen LogP contribution in [-0.2, 0) is 12.6 Å². The zero-order valence-corrected chi connectivity index (χ0v) is 11.8. The molecule has 0 atom stereocenters. The summed E-state index contributed by atoms with van der Waals surface area (Å²) in [5, 5.41) is 8.44. The van der Waals surface area contributed by atoms with Crippen LogP contribution in [0.1, 0.15) is 11.3 Å². The lowest BCUT2D eigenvalue weighted by Gasteiger charge is -2.09. The fraction of sp³-hybridized carbons (Fsp3) is 0.273. The number of rotatable bonds is 3. The second-order valence-corrected chi connectivity index (χ2v) is 4.96. The van der Waals surface area contributed by atoms with Crippen LogP contribution < -0.4 is 0 Å². The molecule has 0 amide bonds. The van der Waals surface area contributed by atoms with Crippen molar-refractivity contribution in [2.75, 3.05) is 5.33 Å². The van der Waals surface area contributed by atoms with Gasteiger partial charge in [-0.3, -0.25) is 0 Å². The lowest BCUT2D eigenvalue weighted by Crippen LogP contribution is -2.06. The zero-order valence-electron chi connectivity index (χ0n) is 9.46. The maximum atomic E-state index is 12.5. The van der Waals surface area contributed by atoms with Crippen LogP contribution in [-0.4, -0.2) is 20.3 Å². The second kappa shape index (κ2) is 5.50. The van der Waals surface area contributed by atoms with E-state index in [4.69, 9.17) is 11.6 Å². The quantitative estimate of drug-likeness (QED) is 0.783. The number of alkyl halides is 4. The number of benzene rings is 1. The molecule has 0 saturated carbocycles. The van der Waals surface area contributed by atoms with Gasteiger partial charge in [-0.2, -0.15) is 13.2 Å². The highest BCUT2D eigenvalue weighted by Gasteiger charge is 2.31. The number of nitrogens with zero attached hydrogens (tertiary/aromatic N) is 3. The molecule has 0 N–H and O–H groups in total. The summed E-state index contributed by atoms with van der Waals surface area (Å²) in [5.74, 6) is 0. The summed E-state index contributed by atoms with van der Waals surface area (Å²) in [6.07, 6.45) is -2.10. The van der Waals surface area contributed by atoms with Gasteiger partial charge in [0.25, 0.3) is 0 Å². The summed E-state index contributed by atoms with van der Waals surface area (Å²) in [6, 6.07) is 3.12. The van der Waals surface area contributed by atoms with Gasteiger partial charge in [0.1, 0.15) is 0 Å². The van der Waals surface area contributed by atoms with Crippen molar-refractivity contribution in [1.29, 1.82) is 0 Å². The van der Waals surface area contributed by atoms with Gasteiger partial charge in [0, 0.05) is 11.8 Å². The van der Waals surface area contributed by atoms with Gasteiger partial charge in [0.2, 0.25) is 0 Å². The molecule has 2 rings (SSSR count). The standard InChI is InChI=1S/C11H8BrClF3N3/c12-4-3-8-6-19(18-17-8)10-2-1-7(5-9(10)13)11(14,15)16/h1-2,5-6H,3-4H2. The van der Waals surface area contributed by atoms with E-state index in [-0.39, 0.29) is 5.02 Å². The first kappa shape index (κ1) is 14.3. The minimum absolute atomic E-state index is 0.0230. The van der Waals surface area contributed by atoms with Gasteiger partial charge < -0.3 is 0 Å². The summed E-state index contributed by atoms with van der Waals surface area (Å²) < 4.78 is 38.9. The minimum atomic E-state index is -4.41. The molecule has 1 heterocycles. The molecule has 0 aliphatic carbocycles. The maximum absolute atomic E-state index is 12.5. The summed E-state index contributed by atoms with van der Waals surface area (Å²) in [6.45, 7) is 0. The highest BCUT2D eigenvalue weighted by molar-refractivity contribution is 9.09. The van der Waals surface area contributed by atoms with Crippen LogP contribution in [0.2, 0.25) is 5.02 Å². The molecular weight excluding hydrogens is 346 g/mol. The van der Waals surface area contributed by atoms with E-state index in [1.165, 1.54) is 10.7 Å². The maximum Gasteiger partial charge on any atom is 0.416 e. The fourth-order valence-corrected chi connectivity index (χ4v) is 2.17. The first-order valence-corrected chi connectivity index (χ1v) is 6.76. The van der Waals surface area contributed by atoms with Crippen molar-refractivity contribution in [3.63, 3.8) is 0 Å². The van der Waals surface area contributed by atoms with Gasteiger partial charge in [-0.15, -0.1) is 5.10 Å². The van der Waals surface area contributed by atoms with Crippen molar-refractivity contribution in [2.45, 2.75) is 12.6 Å². The van der Waals surface area contributed by atoms with Gasteiger partial charge in [0.15, 0.2) is 0 Å². The third-order valence-electron chi connectivity index (χ3n) is 2.41.